The number of carbonyl (C=O) groups is 1. The molecule has 1 aliphatic rings. The molecule has 1 aromatic carbocycles. The molecule has 0 radical (unpaired) electrons. The minimum Gasteiger partial charge on any atom is -0.396 e. The van der Waals surface area contributed by atoms with Crippen LogP contribution in [0, 0.1) is 19.3 Å². The Balaban J connectivity index is 2.06. The Morgan fingerprint density at radius 3 is 2.76 bits per heavy atom. The fourth-order valence-corrected chi connectivity index (χ4v) is 2.93. The molecule has 1 aromatic rings. The maximum absolute atomic E-state index is 12.3. The predicted molar refractivity (Wildman–Crippen MR) is 82.8 cm³/mol. The Kier molecular flexibility index (Phi) is 5.25. The lowest BCUT2D eigenvalue weighted by Crippen LogP contribution is -2.38. The third-order valence-electron chi connectivity index (χ3n) is 4.28. The number of hydrogen-bond acceptors (Lipinski definition) is 3. The van der Waals surface area contributed by atoms with Crippen LogP contribution in [0.15, 0.2) is 12.1 Å². The summed E-state index contributed by atoms with van der Waals surface area (Å²) < 4.78 is 5.42. The molecule has 2 N–H and O–H groups in total. The summed E-state index contributed by atoms with van der Waals surface area (Å²) in [5, 5.41) is 12.6. The number of aryl methyl sites for hydroxylation is 2. The monoisotopic (exact) mass is 311 g/mol. The highest BCUT2D eigenvalue weighted by molar-refractivity contribution is 6.34. The van der Waals surface area contributed by atoms with Crippen molar-refractivity contribution in [2.24, 2.45) is 5.41 Å². The second-order valence-electron chi connectivity index (χ2n) is 5.88. The second kappa shape index (κ2) is 6.77. The van der Waals surface area contributed by atoms with E-state index in [2.05, 4.69) is 5.32 Å². The van der Waals surface area contributed by atoms with E-state index in [1.165, 1.54) is 0 Å². The summed E-state index contributed by atoms with van der Waals surface area (Å²) in [6.45, 7) is 5.78. The first-order valence-electron chi connectivity index (χ1n) is 7.21. The van der Waals surface area contributed by atoms with Gasteiger partial charge in [0.25, 0.3) is 5.91 Å². The number of amides is 1. The lowest BCUT2D eigenvalue weighted by atomic mass is 9.84. The first kappa shape index (κ1) is 16.3. The van der Waals surface area contributed by atoms with E-state index in [4.69, 9.17) is 16.3 Å². The number of ether oxygens (including phenoxy) is 1. The molecule has 5 heteroatoms. The van der Waals surface area contributed by atoms with Gasteiger partial charge in [0, 0.05) is 25.2 Å². The van der Waals surface area contributed by atoms with Gasteiger partial charge in [-0.2, -0.15) is 0 Å². The van der Waals surface area contributed by atoms with Crippen molar-refractivity contribution in [3.63, 3.8) is 0 Å². The summed E-state index contributed by atoms with van der Waals surface area (Å²) in [6, 6.07) is 3.63. The molecule has 2 rings (SSSR count). The van der Waals surface area contributed by atoms with Crippen LogP contribution in [0.3, 0.4) is 0 Å². The highest BCUT2D eigenvalue weighted by Gasteiger charge is 2.34. The number of halogens is 1. The molecule has 0 aliphatic carbocycles. The van der Waals surface area contributed by atoms with Crippen LogP contribution in [0.4, 0.5) is 0 Å². The fourth-order valence-electron chi connectivity index (χ4n) is 2.63. The van der Waals surface area contributed by atoms with Crippen LogP contribution in [0.2, 0.25) is 5.02 Å². The maximum Gasteiger partial charge on any atom is 0.252 e. The Morgan fingerprint density at radius 1 is 1.43 bits per heavy atom. The van der Waals surface area contributed by atoms with Crippen LogP contribution >= 0.6 is 11.6 Å². The van der Waals surface area contributed by atoms with Gasteiger partial charge in [0.05, 0.1) is 17.2 Å². The average Bonchev–Trinajstić information content (AvgIpc) is 2.90. The first-order chi connectivity index (χ1) is 9.97. The van der Waals surface area contributed by atoms with Crippen LogP contribution in [-0.4, -0.2) is 37.4 Å². The summed E-state index contributed by atoms with van der Waals surface area (Å²) in [4.78, 5) is 12.3. The Labute approximate surface area is 130 Å². The molecule has 1 unspecified atom stereocenters. The summed E-state index contributed by atoms with van der Waals surface area (Å²) in [5.41, 5.74) is 2.45. The largest absolute Gasteiger partial charge is 0.396 e. The molecule has 4 nitrogen and oxygen atoms in total. The van der Waals surface area contributed by atoms with Crippen LogP contribution < -0.4 is 5.32 Å². The molecular weight excluding hydrogens is 290 g/mol. The Hall–Kier alpha value is -1.10. The summed E-state index contributed by atoms with van der Waals surface area (Å²) >= 11 is 6.16. The summed E-state index contributed by atoms with van der Waals surface area (Å²) in [6.07, 6.45) is 1.49. The van der Waals surface area contributed by atoms with Crippen molar-refractivity contribution in [2.75, 3.05) is 26.4 Å². The van der Waals surface area contributed by atoms with Crippen molar-refractivity contribution >= 4 is 17.5 Å². The molecule has 116 valence electrons. The van der Waals surface area contributed by atoms with Crippen molar-refractivity contribution in [3.05, 3.63) is 33.8 Å². The lowest BCUT2D eigenvalue weighted by molar-refractivity contribution is 0.0889. The van der Waals surface area contributed by atoms with E-state index in [1.54, 1.807) is 0 Å². The van der Waals surface area contributed by atoms with Gasteiger partial charge in [-0.1, -0.05) is 11.6 Å². The minimum atomic E-state index is -0.174. The quantitative estimate of drug-likeness (QED) is 0.878. The van der Waals surface area contributed by atoms with Crippen LogP contribution in [0.25, 0.3) is 0 Å². The lowest BCUT2D eigenvalue weighted by Gasteiger charge is -2.26. The summed E-state index contributed by atoms with van der Waals surface area (Å²) in [7, 11) is 0. The van der Waals surface area contributed by atoms with E-state index in [0.29, 0.717) is 36.8 Å². The Morgan fingerprint density at radius 2 is 2.14 bits per heavy atom. The van der Waals surface area contributed by atoms with Crippen molar-refractivity contribution < 1.29 is 14.6 Å². The normalized spacial score (nSPS) is 21.5. The van der Waals surface area contributed by atoms with Gasteiger partial charge in [-0.15, -0.1) is 0 Å². The van der Waals surface area contributed by atoms with Gasteiger partial charge >= 0.3 is 0 Å². The fraction of sp³-hybridized carbons (Fsp3) is 0.562. The van der Waals surface area contributed by atoms with Gasteiger partial charge in [0.15, 0.2) is 0 Å². The molecule has 1 fully saturated rings. The van der Waals surface area contributed by atoms with Gasteiger partial charge in [-0.05, 0) is 49.9 Å². The molecule has 1 aliphatic heterocycles. The third-order valence-corrected chi connectivity index (χ3v) is 4.59. The van der Waals surface area contributed by atoms with Gasteiger partial charge < -0.3 is 15.2 Å². The number of nitrogens with one attached hydrogen (secondary N) is 1. The van der Waals surface area contributed by atoms with Gasteiger partial charge in [-0.25, -0.2) is 0 Å². The number of aliphatic hydroxyl groups is 1. The van der Waals surface area contributed by atoms with E-state index < -0.39 is 0 Å². The van der Waals surface area contributed by atoms with Gasteiger partial charge in [0.2, 0.25) is 0 Å². The van der Waals surface area contributed by atoms with Crippen molar-refractivity contribution in [2.45, 2.75) is 26.7 Å². The van der Waals surface area contributed by atoms with Gasteiger partial charge in [-0.3, -0.25) is 4.79 Å². The van der Waals surface area contributed by atoms with Crippen LogP contribution in [-0.2, 0) is 4.74 Å². The second-order valence-corrected chi connectivity index (χ2v) is 6.28. The number of rotatable bonds is 5. The SMILES string of the molecule is Cc1cc(Cl)c(C(=O)NCC2(CCO)CCOC2)cc1C. The number of aliphatic hydroxyl groups excluding tert-OH is 1. The maximum atomic E-state index is 12.3. The zero-order valence-corrected chi connectivity index (χ0v) is 13.3. The number of benzene rings is 1. The molecule has 1 atom stereocenters. The Bertz CT molecular complexity index is 524. The molecule has 21 heavy (non-hydrogen) atoms. The zero-order valence-electron chi connectivity index (χ0n) is 12.5. The molecule has 1 heterocycles. The van der Waals surface area contributed by atoms with Crippen molar-refractivity contribution in [1.29, 1.82) is 0 Å². The number of hydrogen-bond donors (Lipinski definition) is 2. The predicted octanol–water partition coefficient (Wildman–Crippen LogP) is 2.48. The van der Waals surface area contributed by atoms with Crippen LogP contribution in [0.1, 0.15) is 34.3 Å². The minimum absolute atomic E-state index is 0.101. The van der Waals surface area contributed by atoms with E-state index in [1.807, 2.05) is 26.0 Å². The molecule has 1 saturated heterocycles. The van der Waals surface area contributed by atoms with Crippen LogP contribution in [0.5, 0.6) is 0 Å². The highest BCUT2D eigenvalue weighted by atomic mass is 35.5. The van der Waals surface area contributed by atoms with Crippen molar-refractivity contribution in [3.8, 4) is 0 Å². The molecular formula is C16H22ClNO3. The topological polar surface area (TPSA) is 58.6 Å². The molecule has 0 saturated carbocycles. The molecule has 1 amide bonds. The van der Waals surface area contributed by atoms with E-state index in [9.17, 15) is 9.90 Å². The van der Waals surface area contributed by atoms with Crippen molar-refractivity contribution in [1.82, 2.24) is 5.32 Å². The molecule has 0 spiro atoms. The third kappa shape index (κ3) is 3.76. The van der Waals surface area contributed by atoms with E-state index in [0.717, 1.165) is 17.5 Å². The molecule has 0 bridgehead atoms. The standard InChI is InChI=1S/C16H22ClNO3/c1-11-7-13(14(17)8-12(11)2)15(20)18-9-16(3-5-19)4-6-21-10-16/h7-8,19H,3-6,9-10H2,1-2H3,(H,18,20). The highest BCUT2D eigenvalue weighted by Crippen LogP contribution is 2.31. The summed E-state index contributed by atoms with van der Waals surface area (Å²) in [5.74, 6) is -0.174. The van der Waals surface area contributed by atoms with Gasteiger partial charge in [0.1, 0.15) is 0 Å². The molecule has 0 aromatic heterocycles. The zero-order chi connectivity index (χ0) is 15.5. The average molecular weight is 312 g/mol. The number of carbonyl (C=O) groups excluding carboxylic acids is 1. The van der Waals surface area contributed by atoms with E-state index in [-0.39, 0.29) is 17.9 Å². The smallest absolute Gasteiger partial charge is 0.252 e. The van der Waals surface area contributed by atoms with E-state index >= 15 is 0 Å². The first-order valence-corrected chi connectivity index (χ1v) is 7.59.